The van der Waals surface area contributed by atoms with Gasteiger partial charge in [-0.15, -0.1) is 0 Å². The van der Waals surface area contributed by atoms with Gasteiger partial charge >= 0.3 is 0 Å². The predicted octanol–water partition coefficient (Wildman–Crippen LogP) is 1.49. The number of hydrogen-bond donors (Lipinski definition) is 2. The Morgan fingerprint density at radius 1 is 1.47 bits per heavy atom. The Morgan fingerprint density at radius 3 is 2.94 bits per heavy atom. The first-order chi connectivity index (χ1) is 8.20. The molecule has 1 fully saturated rings. The monoisotopic (exact) mass is 255 g/mol. The lowest BCUT2D eigenvalue weighted by atomic mass is 10.00. The molecule has 3 rings (SSSR count). The van der Waals surface area contributed by atoms with Crippen molar-refractivity contribution >= 4 is 11.6 Å². The molecule has 0 bridgehead atoms. The molecule has 1 aromatic carbocycles. The first kappa shape index (κ1) is 11.1. The van der Waals surface area contributed by atoms with Gasteiger partial charge in [-0.05, 0) is 30.0 Å². The Kier molecular flexibility index (Phi) is 2.47. The van der Waals surface area contributed by atoms with Crippen LogP contribution in [0.2, 0.25) is 5.02 Å². The fourth-order valence-electron chi connectivity index (χ4n) is 2.47. The summed E-state index contributed by atoms with van der Waals surface area (Å²) in [6, 6.07) is 3.82. The molecule has 17 heavy (non-hydrogen) atoms. The maximum atomic E-state index is 9.38. The Labute approximate surface area is 104 Å². The van der Waals surface area contributed by atoms with E-state index in [2.05, 4.69) is 0 Å². The van der Waals surface area contributed by atoms with Crippen molar-refractivity contribution in [3.8, 4) is 11.5 Å². The van der Waals surface area contributed by atoms with Crippen LogP contribution in [0.4, 0.5) is 0 Å². The van der Waals surface area contributed by atoms with Gasteiger partial charge in [0, 0.05) is 12.0 Å². The lowest BCUT2D eigenvalue weighted by Crippen LogP contribution is -2.21. The van der Waals surface area contributed by atoms with E-state index in [-0.39, 0.29) is 24.7 Å². The van der Waals surface area contributed by atoms with Crippen molar-refractivity contribution in [2.24, 2.45) is 11.1 Å². The van der Waals surface area contributed by atoms with Gasteiger partial charge in [-0.3, -0.25) is 0 Å². The molecule has 92 valence electrons. The second-order valence-corrected chi connectivity index (χ2v) is 5.13. The highest BCUT2D eigenvalue weighted by molar-refractivity contribution is 6.32. The quantitative estimate of drug-likeness (QED) is 0.859. The Bertz CT molecular complexity index is 459. The number of ether oxygens (including phenoxy) is 2. The van der Waals surface area contributed by atoms with Gasteiger partial charge in [-0.1, -0.05) is 11.6 Å². The SMILES string of the molecule is NCC1(CO)CC1c1cc(Cl)c2c(c1)OCO2. The zero-order chi connectivity index (χ0) is 12.0. The second-order valence-electron chi connectivity index (χ2n) is 4.72. The standard InChI is InChI=1S/C12H14ClNO3/c13-9-1-7(2-10-11(9)17-6-16-10)8-3-12(8,4-14)5-15/h1-2,8,15H,3-6,14H2. The first-order valence-corrected chi connectivity index (χ1v) is 5.98. The molecule has 0 aromatic heterocycles. The van der Waals surface area contributed by atoms with E-state index in [1.54, 1.807) is 0 Å². The van der Waals surface area contributed by atoms with E-state index < -0.39 is 0 Å². The molecule has 1 aliphatic carbocycles. The molecule has 5 heteroatoms. The van der Waals surface area contributed by atoms with E-state index in [4.69, 9.17) is 26.8 Å². The van der Waals surface area contributed by atoms with Crippen molar-refractivity contribution in [2.75, 3.05) is 19.9 Å². The number of halogens is 1. The molecular formula is C12H14ClNO3. The molecule has 0 radical (unpaired) electrons. The average Bonchev–Trinajstić information content (AvgIpc) is 2.89. The van der Waals surface area contributed by atoms with Gasteiger partial charge in [0.25, 0.3) is 0 Å². The van der Waals surface area contributed by atoms with Crippen molar-refractivity contribution in [3.63, 3.8) is 0 Å². The van der Waals surface area contributed by atoms with Crippen LogP contribution in [0.5, 0.6) is 11.5 Å². The minimum atomic E-state index is -0.170. The van der Waals surface area contributed by atoms with Crippen LogP contribution in [-0.2, 0) is 0 Å². The molecule has 0 spiro atoms. The van der Waals surface area contributed by atoms with Crippen LogP contribution in [0.15, 0.2) is 12.1 Å². The van der Waals surface area contributed by atoms with Crippen LogP contribution >= 0.6 is 11.6 Å². The fourth-order valence-corrected chi connectivity index (χ4v) is 2.75. The highest BCUT2D eigenvalue weighted by Gasteiger charge is 2.53. The molecule has 3 N–H and O–H groups in total. The third-order valence-corrected chi connectivity index (χ3v) is 4.04. The first-order valence-electron chi connectivity index (χ1n) is 5.60. The van der Waals surface area contributed by atoms with Crippen LogP contribution < -0.4 is 15.2 Å². The number of rotatable bonds is 3. The van der Waals surface area contributed by atoms with Crippen molar-refractivity contribution in [3.05, 3.63) is 22.7 Å². The molecule has 1 heterocycles. The van der Waals surface area contributed by atoms with Crippen LogP contribution in [0.3, 0.4) is 0 Å². The average molecular weight is 256 g/mol. The topological polar surface area (TPSA) is 64.7 Å². The molecule has 2 unspecified atom stereocenters. The summed E-state index contributed by atoms with van der Waals surface area (Å²) in [7, 11) is 0. The van der Waals surface area contributed by atoms with E-state index in [1.165, 1.54) is 0 Å². The summed E-state index contributed by atoms with van der Waals surface area (Å²) in [4.78, 5) is 0. The minimum Gasteiger partial charge on any atom is -0.454 e. The van der Waals surface area contributed by atoms with Crippen molar-refractivity contribution in [2.45, 2.75) is 12.3 Å². The Balaban J connectivity index is 1.94. The number of aliphatic hydroxyl groups excluding tert-OH is 1. The molecule has 1 aromatic rings. The lowest BCUT2D eigenvalue weighted by molar-refractivity contribution is 0.174. The maximum absolute atomic E-state index is 9.38. The third-order valence-electron chi connectivity index (χ3n) is 3.76. The van der Waals surface area contributed by atoms with Crippen molar-refractivity contribution in [1.82, 2.24) is 0 Å². The van der Waals surface area contributed by atoms with Crippen molar-refractivity contribution < 1.29 is 14.6 Å². The highest BCUT2D eigenvalue weighted by atomic mass is 35.5. The van der Waals surface area contributed by atoms with Gasteiger partial charge in [-0.2, -0.15) is 0 Å². The lowest BCUT2D eigenvalue weighted by Gasteiger charge is -2.11. The van der Waals surface area contributed by atoms with E-state index >= 15 is 0 Å². The predicted molar refractivity (Wildman–Crippen MR) is 63.5 cm³/mol. The van der Waals surface area contributed by atoms with Crippen molar-refractivity contribution in [1.29, 1.82) is 0 Å². The normalized spacial score (nSPS) is 29.5. The number of benzene rings is 1. The molecule has 2 aliphatic rings. The number of aliphatic hydroxyl groups is 1. The van der Waals surface area contributed by atoms with Crippen LogP contribution in [-0.4, -0.2) is 25.1 Å². The number of nitrogens with two attached hydrogens (primary N) is 1. The van der Waals surface area contributed by atoms with E-state index in [0.717, 1.165) is 12.0 Å². The smallest absolute Gasteiger partial charge is 0.231 e. The third kappa shape index (κ3) is 1.59. The summed E-state index contributed by atoms with van der Waals surface area (Å²) in [6.07, 6.45) is 0.899. The summed E-state index contributed by atoms with van der Waals surface area (Å²) in [5.74, 6) is 1.56. The summed E-state index contributed by atoms with van der Waals surface area (Å²) >= 11 is 6.13. The summed E-state index contributed by atoms with van der Waals surface area (Å²) < 4.78 is 10.6. The Hall–Kier alpha value is -0.970. The van der Waals surface area contributed by atoms with E-state index in [1.807, 2.05) is 12.1 Å². The summed E-state index contributed by atoms with van der Waals surface area (Å²) in [5.41, 5.74) is 6.61. The molecule has 1 aliphatic heterocycles. The zero-order valence-electron chi connectivity index (χ0n) is 9.28. The highest BCUT2D eigenvalue weighted by Crippen LogP contribution is 2.59. The molecule has 1 saturated carbocycles. The fraction of sp³-hybridized carbons (Fsp3) is 0.500. The minimum absolute atomic E-state index is 0.111. The van der Waals surface area contributed by atoms with Crippen LogP contribution in [0.1, 0.15) is 17.9 Å². The largest absolute Gasteiger partial charge is 0.454 e. The molecule has 2 atom stereocenters. The molecule has 0 amide bonds. The number of fused-ring (bicyclic) bond motifs is 1. The Morgan fingerprint density at radius 2 is 2.29 bits per heavy atom. The van der Waals surface area contributed by atoms with Gasteiger partial charge in [-0.25, -0.2) is 0 Å². The summed E-state index contributed by atoms with van der Waals surface area (Å²) in [5, 5.41) is 9.94. The maximum Gasteiger partial charge on any atom is 0.231 e. The van der Waals surface area contributed by atoms with Gasteiger partial charge in [0.2, 0.25) is 6.79 Å². The molecule has 0 saturated heterocycles. The molecule has 4 nitrogen and oxygen atoms in total. The van der Waals surface area contributed by atoms with Gasteiger partial charge in [0.1, 0.15) is 0 Å². The van der Waals surface area contributed by atoms with E-state index in [9.17, 15) is 5.11 Å². The zero-order valence-corrected chi connectivity index (χ0v) is 10.0. The van der Waals surface area contributed by atoms with Gasteiger partial charge in [0.05, 0.1) is 11.6 Å². The second kappa shape index (κ2) is 3.77. The number of hydrogen-bond acceptors (Lipinski definition) is 4. The van der Waals surface area contributed by atoms with Gasteiger partial charge in [0.15, 0.2) is 11.5 Å². The van der Waals surface area contributed by atoms with Crippen LogP contribution in [0, 0.1) is 5.41 Å². The van der Waals surface area contributed by atoms with Crippen LogP contribution in [0.25, 0.3) is 0 Å². The molecular weight excluding hydrogens is 242 g/mol. The summed E-state index contributed by atoms with van der Waals surface area (Å²) in [6.45, 7) is 0.811. The van der Waals surface area contributed by atoms with E-state index in [0.29, 0.717) is 23.1 Å². The van der Waals surface area contributed by atoms with Gasteiger partial charge < -0.3 is 20.3 Å².